The van der Waals surface area contributed by atoms with Gasteiger partial charge in [0.1, 0.15) is 11.6 Å². The van der Waals surface area contributed by atoms with Crippen LogP contribution in [-0.2, 0) is 9.53 Å². The predicted molar refractivity (Wildman–Crippen MR) is 151 cm³/mol. The van der Waals surface area contributed by atoms with Crippen LogP contribution in [0.4, 0.5) is 4.39 Å². The molecule has 0 aromatic heterocycles. The second-order valence-electron chi connectivity index (χ2n) is 8.03. The lowest BCUT2D eigenvalue weighted by atomic mass is 9.96. The molecule has 0 bridgehead atoms. The Bertz CT molecular complexity index is 1100. The number of aliphatic hydroxyl groups excluding tert-OH is 1. The SMILES string of the molecule is C\C=N/C(=C\C(N/C(=C/C(=C(\C)CC)c1cc(Cl)ccc1F)C(COCCO)=NC)=C(/C)CC)NC=O. The van der Waals surface area contributed by atoms with Gasteiger partial charge in [0.05, 0.1) is 31.2 Å². The van der Waals surface area contributed by atoms with Crippen molar-refractivity contribution >= 4 is 35.5 Å². The molecule has 1 aromatic carbocycles. The first-order chi connectivity index (χ1) is 17.8. The van der Waals surface area contributed by atoms with Crippen LogP contribution >= 0.6 is 11.6 Å². The molecule has 1 aromatic rings. The minimum absolute atomic E-state index is 0.112. The molecule has 0 saturated heterocycles. The van der Waals surface area contributed by atoms with Crippen LogP contribution < -0.4 is 10.6 Å². The number of amides is 1. The average Bonchev–Trinajstić information content (AvgIpc) is 2.89. The van der Waals surface area contributed by atoms with Gasteiger partial charge >= 0.3 is 0 Å². The van der Waals surface area contributed by atoms with Crippen molar-refractivity contribution in [2.75, 3.05) is 26.9 Å². The van der Waals surface area contributed by atoms with E-state index in [1.807, 2.05) is 33.8 Å². The summed E-state index contributed by atoms with van der Waals surface area (Å²) in [6, 6.07) is 4.45. The van der Waals surface area contributed by atoms with Crippen LogP contribution in [0.25, 0.3) is 5.57 Å². The fraction of sp³-hybridized carbons (Fsp3) is 0.393. The van der Waals surface area contributed by atoms with Gasteiger partial charge in [0.25, 0.3) is 0 Å². The van der Waals surface area contributed by atoms with Gasteiger partial charge in [0, 0.05) is 35.6 Å². The van der Waals surface area contributed by atoms with E-state index in [9.17, 15) is 14.3 Å². The largest absolute Gasteiger partial charge is 0.394 e. The van der Waals surface area contributed by atoms with Gasteiger partial charge in [-0.3, -0.25) is 9.79 Å². The highest BCUT2D eigenvalue weighted by Gasteiger charge is 2.16. The van der Waals surface area contributed by atoms with Crippen LogP contribution in [0, 0.1) is 5.82 Å². The normalized spacial score (nSPS) is 14.5. The van der Waals surface area contributed by atoms with Gasteiger partial charge in [-0.15, -0.1) is 0 Å². The van der Waals surface area contributed by atoms with Gasteiger partial charge in [-0.1, -0.05) is 31.0 Å². The maximum absolute atomic E-state index is 15.0. The van der Waals surface area contributed by atoms with E-state index >= 15 is 0 Å². The monoisotopic (exact) mass is 532 g/mol. The molecule has 0 fully saturated rings. The summed E-state index contributed by atoms with van der Waals surface area (Å²) >= 11 is 6.22. The number of carbonyl (C=O) groups is 1. The Balaban J connectivity index is 3.86. The Morgan fingerprint density at radius 2 is 1.89 bits per heavy atom. The second-order valence-corrected chi connectivity index (χ2v) is 8.46. The molecule has 3 N–H and O–H groups in total. The molecule has 0 spiro atoms. The molecule has 37 heavy (non-hydrogen) atoms. The van der Waals surface area contributed by atoms with Crippen molar-refractivity contribution in [2.24, 2.45) is 9.98 Å². The Kier molecular flexibility index (Phi) is 15.0. The van der Waals surface area contributed by atoms with E-state index in [2.05, 4.69) is 20.6 Å². The molecule has 202 valence electrons. The maximum Gasteiger partial charge on any atom is 0.212 e. The number of hydrogen-bond acceptors (Lipinski definition) is 6. The smallest absolute Gasteiger partial charge is 0.212 e. The highest BCUT2D eigenvalue weighted by molar-refractivity contribution is 6.30. The minimum Gasteiger partial charge on any atom is -0.394 e. The standard InChI is InChI=1S/C28H38ClFN4O3/c1-7-19(4)22(23-14-21(29)10-11-24(23)30)15-26(27(31-6)17-37-13-12-35)34-25(20(5)8-2)16-28(32-9-3)33-18-36/h9-11,14-16,18,34-35H,7-8,12-13,17H2,1-6H3,(H,33,36)/b22-19-,25-20-,26-15+,28-16+,31-27?,32-9-. The summed E-state index contributed by atoms with van der Waals surface area (Å²) in [5.74, 6) is -0.0514. The van der Waals surface area contributed by atoms with Gasteiger partial charge in [0.2, 0.25) is 6.41 Å². The minimum atomic E-state index is -0.399. The molecule has 0 aliphatic rings. The van der Waals surface area contributed by atoms with Gasteiger partial charge in [-0.2, -0.15) is 0 Å². The Morgan fingerprint density at radius 3 is 2.46 bits per heavy atom. The first-order valence-electron chi connectivity index (χ1n) is 12.1. The van der Waals surface area contributed by atoms with E-state index in [0.29, 0.717) is 51.9 Å². The van der Waals surface area contributed by atoms with Crippen molar-refractivity contribution in [3.63, 3.8) is 0 Å². The highest BCUT2D eigenvalue weighted by Crippen LogP contribution is 2.29. The molecule has 0 aliphatic carbocycles. The van der Waals surface area contributed by atoms with Crippen LogP contribution in [0.5, 0.6) is 0 Å². The quantitative estimate of drug-likeness (QED) is 0.119. The van der Waals surface area contributed by atoms with Gasteiger partial charge < -0.3 is 20.5 Å². The van der Waals surface area contributed by atoms with Gasteiger partial charge in [0.15, 0.2) is 0 Å². The first-order valence-corrected chi connectivity index (χ1v) is 12.5. The number of ether oxygens (including phenoxy) is 1. The van der Waals surface area contributed by atoms with Gasteiger partial charge in [-0.25, -0.2) is 9.38 Å². The molecular formula is C28H38ClFN4O3. The number of allylic oxidation sites excluding steroid dienone is 5. The zero-order valence-electron chi connectivity index (χ0n) is 22.5. The fourth-order valence-electron chi connectivity index (χ4n) is 3.21. The zero-order chi connectivity index (χ0) is 27.8. The Labute approximate surface area is 224 Å². The average molecular weight is 533 g/mol. The number of carbonyl (C=O) groups excluding carboxylic acids is 1. The maximum atomic E-state index is 15.0. The lowest BCUT2D eigenvalue weighted by Crippen LogP contribution is -2.25. The van der Waals surface area contributed by atoms with E-state index in [4.69, 9.17) is 16.3 Å². The van der Waals surface area contributed by atoms with E-state index in [-0.39, 0.29) is 19.8 Å². The third kappa shape index (κ3) is 10.4. The molecule has 1 amide bonds. The van der Waals surface area contributed by atoms with Gasteiger partial charge in [-0.05, 0) is 69.0 Å². The lowest BCUT2D eigenvalue weighted by molar-refractivity contribution is -0.108. The molecule has 0 atom stereocenters. The van der Waals surface area contributed by atoms with Crippen LogP contribution in [-0.4, -0.2) is 50.3 Å². The van der Waals surface area contributed by atoms with Crippen LogP contribution in [0.15, 0.2) is 68.7 Å². The van der Waals surface area contributed by atoms with Crippen LogP contribution in [0.3, 0.4) is 0 Å². The number of nitrogens with zero attached hydrogens (tertiary/aromatic N) is 2. The summed E-state index contributed by atoms with van der Waals surface area (Å²) in [6.07, 6.45) is 7.08. The molecule has 0 saturated carbocycles. The van der Waals surface area contributed by atoms with Crippen molar-refractivity contribution in [2.45, 2.75) is 47.5 Å². The molecule has 0 aliphatic heterocycles. The molecule has 9 heteroatoms. The topological polar surface area (TPSA) is 95.3 Å². The van der Waals surface area contributed by atoms with Crippen molar-refractivity contribution in [3.05, 3.63) is 75.1 Å². The first kappa shape index (κ1) is 32.0. The zero-order valence-corrected chi connectivity index (χ0v) is 23.2. The molecule has 1 rings (SSSR count). The van der Waals surface area contributed by atoms with Crippen molar-refractivity contribution in [3.8, 4) is 0 Å². The van der Waals surface area contributed by atoms with Crippen molar-refractivity contribution < 1.29 is 19.0 Å². The highest BCUT2D eigenvalue weighted by atomic mass is 35.5. The van der Waals surface area contributed by atoms with Crippen LogP contribution in [0.1, 0.15) is 53.0 Å². The number of hydrogen-bond donors (Lipinski definition) is 3. The van der Waals surface area contributed by atoms with Crippen LogP contribution in [0.2, 0.25) is 5.02 Å². The molecular weight excluding hydrogens is 495 g/mol. The third-order valence-corrected chi connectivity index (χ3v) is 5.80. The predicted octanol–water partition coefficient (Wildman–Crippen LogP) is 5.58. The second kappa shape index (κ2) is 17.4. The lowest BCUT2D eigenvalue weighted by Gasteiger charge is -2.19. The Morgan fingerprint density at radius 1 is 1.19 bits per heavy atom. The number of benzene rings is 1. The van der Waals surface area contributed by atoms with E-state index < -0.39 is 5.82 Å². The molecule has 0 radical (unpaired) electrons. The Hall–Kier alpha value is -3.07. The number of aliphatic imine (C=N–C) groups is 2. The number of halogens is 2. The van der Waals surface area contributed by atoms with Crippen molar-refractivity contribution in [1.29, 1.82) is 0 Å². The summed E-state index contributed by atoms with van der Waals surface area (Å²) in [6.45, 7) is 9.77. The molecule has 7 nitrogen and oxygen atoms in total. The summed E-state index contributed by atoms with van der Waals surface area (Å²) in [5.41, 5.74) is 4.75. The third-order valence-electron chi connectivity index (χ3n) is 5.57. The number of nitrogens with one attached hydrogen (secondary N) is 2. The van der Waals surface area contributed by atoms with E-state index in [1.54, 1.807) is 32.3 Å². The number of rotatable bonds is 15. The van der Waals surface area contributed by atoms with E-state index in [0.717, 1.165) is 17.6 Å². The summed E-state index contributed by atoms with van der Waals surface area (Å²) in [7, 11) is 1.63. The summed E-state index contributed by atoms with van der Waals surface area (Å²) in [5, 5.41) is 15.6. The number of aliphatic hydroxyl groups is 1. The summed E-state index contributed by atoms with van der Waals surface area (Å²) in [4.78, 5) is 19.8. The fourth-order valence-corrected chi connectivity index (χ4v) is 3.38. The van der Waals surface area contributed by atoms with E-state index in [1.165, 1.54) is 12.1 Å². The molecule has 0 unspecified atom stereocenters. The summed E-state index contributed by atoms with van der Waals surface area (Å²) < 4.78 is 20.6. The molecule has 0 heterocycles. The van der Waals surface area contributed by atoms with Crippen molar-refractivity contribution in [1.82, 2.24) is 10.6 Å².